The van der Waals surface area contributed by atoms with Crippen LogP contribution in [-0.2, 0) is 9.59 Å². The highest BCUT2D eigenvalue weighted by Crippen LogP contribution is 2.31. The van der Waals surface area contributed by atoms with Crippen molar-refractivity contribution in [1.29, 1.82) is 0 Å². The number of amides is 5. The highest BCUT2D eigenvalue weighted by atomic mass is 16.5. The lowest BCUT2D eigenvalue weighted by atomic mass is 10.1. The lowest BCUT2D eigenvalue weighted by Crippen LogP contribution is -2.59. The maximum atomic E-state index is 13.1. The largest absolute Gasteiger partial charge is 0.436 e. The average molecular weight is 596 g/mol. The van der Waals surface area contributed by atoms with E-state index in [-0.39, 0.29) is 34.1 Å². The van der Waals surface area contributed by atoms with Gasteiger partial charge in [0, 0.05) is 48.0 Å². The summed E-state index contributed by atoms with van der Waals surface area (Å²) in [4.78, 5) is 56.9. The Morgan fingerprint density at radius 2 is 1.66 bits per heavy atom. The number of carbonyl (C=O) groups excluding carboxylic acids is 4. The molecule has 2 aromatic carbocycles. The van der Waals surface area contributed by atoms with Crippen LogP contribution in [0, 0.1) is 0 Å². The Balaban J connectivity index is 1.08. The zero-order valence-corrected chi connectivity index (χ0v) is 24.2. The summed E-state index contributed by atoms with van der Waals surface area (Å²) in [5.74, 6) is 0.0857. The van der Waals surface area contributed by atoms with Crippen LogP contribution in [0.2, 0.25) is 0 Å². The molecular weight excluding hydrogens is 564 g/mol. The number of quaternary nitrogens is 1. The minimum Gasteiger partial charge on any atom is -0.436 e. The smallest absolute Gasteiger partial charge is 0.428 e. The number of rotatable bonds is 6. The zero-order valence-electron chi connectivity index (χ0n) is 24.2. The van der Waals surface area contributed by atoms with Gasteiger partial charge >= 0.3 is 11.9 Å². The summed E-state index contributed by atoms with van der Waals surface area (Å²) >= 11 is 0. The first-order valence-corrected chi connectivity index (χ1v) is 14.3. The monoisotopic (exact) mass is 595 g/mol. The number of oxazole rings is 1. The summed E-state index contributed by atoms with van der Waals surface area (Å²) in [6.07, 6.45) is 8.10. The van der Waals surface area contributed by atoms with Crippen molar-refractivity contribution in [3.8, 4) is 22.8 Å². The Labute approximate surface area is 252 Å². The predicted octanol–water partition coefficient (Wildman–Crippen LogP) is 5.09. The van der Waals surface area contributed by atoms with E-state index in [2.05, 4.69) is 20.8 Å². The number of likely N-dealkylation sites (tertiary alicyclic amines) is 1. The topological polar surface area (TPSA) is 148 Å². The molecule has 2 aliphatic rings. The molecular formula is C32H31N6O6+. The van der Waals surface area contributed by atoms with Gasteiger partial charge in [-0.2, -0.15) is 4.48 Å². The van der Waals surface area contributed by atoms with Crippen LogP contribution in [0.4, 0.5) is 16.2 Å². The molecule has 1 fully saturated rings. The maximum absolute atomic E-state index is 13.1. The van der Waals surface area contributed by atoms with Gasteiger partial charge in [-0.3, -0.25) is 14.9 Å². The Hall–Kier alpha value is -5.36. The molecule has 4 heterocycles. The molecule has 0 radical (unpaired) electrons. The first-order chi connectivity index (χ1) is 21.3. The van der Waals surface area contributed by atoms with Gasteiger partial charge in [0.2, 0.25) is 11.7 Å². The van der Waals surface area contributed by atoms with Gasteiger partial charge in [0.25, 0.3) is 11.8 Å². The van der Waals surface area contributed by atoms with Gasteiger partial charge in [0.1, 0.15) is 12.1 Å². The number of nitrogens with zero attached hydrogens (tertiary/aromatic N) is 4. The third-order valence-corrected chi connectivity index (χ3v) is 8.27. The molecule has 2 N–H and O–H groups in total. The number of imide groups is 1. The summed E-state index contributed by atoms with van der Waals surface area (Å²) < 4.78 is 10.8. The second kappa shape index (κ2) is 11.7. The molecule has 2 aromatic heterocycles. The van der Waals surface area contributed by atoms with Gasteiger partial charge in [-0.15, -0.1) is 0 Å². The molecule has 6 rings (SSSR count). The van der Waals surface area contributed by atoms with Gasteiger partial charge in [0.05, 0.1) is 25.9 Å². The molecule has 44 heavy (non-hydrogen) atoms. The first kappa shape index (κ1) is 28.7. The van der Waals surface area contributed by atoms with E-state index < -0.39 is 11.9 Å². The van der Waals surface area contributed by atoms with Crippen LogP contribution in [0.25, 0.3) is 22.8 Å². The van der Waals surface area contributed by atoms with E-state index in [1.807, 2.05) is 19.1 Å². The zero-order chi connectivity index (χ0) is 30.8. The van der Waals surface area contributed by atoms with Crippen molar-refractivity contribution in [3.05, 3.63) is 84.9 Å². The third kappa shape index (κ3) is 5.31. The lowest BCUT2D eigenvalue weighted by Gasteiger charge is -2.31. The number of benzene rings is 2. The van der Waals surface area contributed by atoms with E-state index >= 15 is 0 Å². The third-order valence-electron chi connectivity index (χ3n) is 8.27. The number of hydrogen-bond donors (Lipinski definition) is 2. The molecule has 3 atom stereocenters. The average Bonchev–Trinajstić information content (AvgIpc) is 3.84. The quantitative estimate of drug-likeness (QED) is 0.231. The molecule has 0 aliphatic carbocycles. The Morgan fingerprint density at radius 3 is 2.30 bits per heavy atom. The number of urea groups is 1. The standard InChI is InChI=1S/C32H30N6O6/c1-20-5-4-18-38(20,21(2)39)32(42)36-25-11-7-22(8-12-25)28-19-33-30(43-28)23-9-13-24(14-10-23)35-29(40)26-6-3-17-37(26)31(41)27-15-16-34-44-27/h3,6-16,19-20,26H,4-5,17-18H2,1-2H3,(H-,33,34,35,36,40,41,42)/p+1/t20-,26+,38?/m1/s1. The van der Waals surface area contributed by atoms with Crippen molar-refractivity contribution in [1.82, 2.24) is 15.0 Å². The van der Waals surface area contributed by atoms with Crippen LogP contribution in [0.3, 0.4) is 0 Å². The lowest BCUT2D eigenvalue weighted by molar-refractivity contribution is -0.781. The Kier molecular flexibility index (Phi) is 7.66. The Morgan fingerprint density at radius 1 is 0.955 bits per heavy atom. The number of nitrogens with one attached hydrogen (secondary N) is 2. The Bertz CT molecular complexity index is 1730. The van der Waals surface area contributed by atoms with Crippen LogP contribution in [0.1, 0.15) is 37.2 Å². The van der Waals surface area contributed by atoms with Crippen molar-refractivity contribution < 1.29 is 32.6 Å². The molecule has 0 spiro atoms. The molecule has 12 nitrogen and oxygen atoms in total. The minimum absolute atomic E-state index is 0.0546. The van der Waals surface area contributed by atoms with E-state index in [0.29, 0.717) is 41.7 Å². The van der Waals surface area contributed by atoms with E-state index in [1.165, 1.54) is 24.1 Å². The van der Waals surface area contributed by atoms with Gasteiger partial charge in [-0.05, 0) is 55.5 Å². The molecule has 1 unspecified atom stereocenters. The number of anilines is 2. The summed E-state index contributed by atoms with van der Waals surface area (Å²) in [6.45, 7) is 4.22. The summed E-state index contributed by atoms with van der Waals surface area (Å²) in [5.41, 5.74) is 2.61. The van der Waals surface area contributed by atoms with Gasteiger partial charge in [-0.1, -0.05) is 17.3 Å². The molecule has 4 aromatic rings. The van der Waals surface area contributed by atoms with Crippen molar-refractivity contribution in [3.63, 3.8) is 0 Å². The molecule has 224 valence electrons. The van der Waals surface area contributed by atoms with Gasteiger partial charge in [0.15, 0.2) is 5.76 Å². The first-order valence-electron chi connectivity index (χ1n) is 14.3. The van der Waals surface area contributed by atoms with Gasteiger partial charge < -0.3 is 19.2 Å². The van der Waals surface area contributed by atoms with Crippen LogP contribution in [-0.4, -0.2) is 68.4 Å². The SMILES string of the molecule is CC(=O)[N+]1(C(=O)Nc2ccc(-c3cnc(-c4ccc(NC(=O)[C@@H]5C=CCN5C(=O)c5ccno5)cc4)o3)cc2)CCC[C@H]1C. The van der Waals surface area contributed by atoms with E-state index in [4.69, 9.17) is 8.94 Å². The molecule has 12 heteroatoms. The minimum atomic E-state index is -0.776. The van der Waals surface area contributed by atoms with Crippen molar-refractivity contribution in [2.45, 2.75) is 38.8 Å². The predicted molar refractivity (Wildman–Crippen MR) is 160 cm³/mol. The van der Waals surface area contributed by atoms with Crippen LogP contribution in [0.5, 0.6) is 0 Å². The van der Waals surface area contributed by atoms with Crippen molar-refractivity contribution in [2.75, 3.05) is 23.7 Å². The van der Waals surface area contributed by atoms with Gasteiger partial charge in [-0.25, -0.2) is 14.6 Å². The van der Waals surface area contributed by atoms with Crippen molar-refractivity contribution in [2.24, 2.45) is 0 Å². The number of aromatic nitrogens is 2. The van der Waals surface area contributed by atoms with E-state index in [1.54, 1.807) is 54.7 Å². The number of carbonyl (C=O) groups is 4. The highest BCUT2D eigenvalue weighted by molar-refractivity contribution is 6.02. The molecule has 5 amide bonds. The van der Waals surface area contributed by atoms with Crippen LogP contribution in [0.15, 0.2) is 88.1 Å². The van der Waals surface area contributed by atoms with Crippen LogP contribution >= 0.6 is 0 Å². The second-order valence-corrected chi connectivity index (χ2v) is 10.9. The van der Waals surface area contributed by atoms with Crippen molar-refractivity contribution >= 4 is 35.1 Å². The summed E-state index contributed by atoms with van der Waals surface area (Å²) in [5, 5.41) is 9.30. The second-order valence-electron chi connectivity index (χ2n) is 10.9. The fraction of sp³-hybridized carbons (Fsp3) is 0.250. The molecule has 1 saturated heterocycles. The normalized spacial score (nSPS) is 20.9. The number of hydrogen-bond acceptors (Lipinski definition) is 8. The van der Waals surface area contributed by atoms with Crippen LogP contribution < -0.4 is 10.6 Å². The molecule has 2 aliphatic heterocycles. The highest BCUT2D eigenvalue weighted by Gasteiger charge is 2.50. The molecule has 0 saturated carbocycles. The van der Waals surface area contributed by atoms with E-state index in [0.717, 1.165) is 18.4 Å². The summed E-state index contributed by atoms with van der Waals surface area (Å²) in [6, 6.07) is 14.5. The molecule has 0 bridgehead atoms. The van der Waals surface area contributed by atoms with E-state index in [9.17, 15) is 19.2 Å². The summed E-state index contributed by atoms with van der Waals surface area (Å²) in [7, 11) is 0. The fourth-order valence-electron chi connectivity index (χ4n) is 5.81. The fourth-order valence-corrected chi connectivity index (χ4v) is 5.81. The maximum Gasteiger partial charge on any atom is 0.428 e.